The number of hydrogen-bond acceptors (Lipinski definition) is 9. The molecule has 3 aliphatic rings. The molecule has 206 valence electrons. The molecule has 1 aromatic carbocycles. The van der Waals surface area contributed by atoms with E-state index in [1.54, 1.807) is 6.33 Å². The normalized spacial score (nSPS) is 30.9. The predicted molar refractivity (Wildman–Crippen MR) is 145 cm³/mol. The summed E-state index contributed by atoms with van der Waals surface area (Å²) < 4.78 is 12.0. The van der Waals surface area contributed by atoms with E-state index in [4.69, 9.17) is 14.5 Å². The molecule has 1 aliphatic carbocycles. The number of nitrogens with one attached hydrogen (secondary N) is 1. The van der Waals surface area contributed by atoms with Crippen molar-refractivity contribution < 1.29 is 24.8 Å². The molecule has 2 aliphatic heterocycles. The second-order valence-electron chi connectivity index (χ2n) is 11.1. The molecule has 9 nitrogen and oxygen atoms in total. The minimum atomic E-state index is -1.08. The monoisotopic (exact) mass is 524 g/mol. The van der Waals surface area contributed by atoms with Crippen molar-refractivity contribution in [3.63, 3.8) is 0 Å². The molecule has 0 radical (unpaired) electrons. The van der Waals surface area contributed by atoms with Gasteiger partial charge in [0, 0.05) is 6.21 Å². The lowest BCUT2D eigenvalue weighted by atomic mass is 9.94. The van der Waals surface area contributed by atoms with E-state index in [1.807, 2.05) is 6.21 Å². The SMILES string of the molecule is CC(C)c1ccc(COC2CCCC2Nc2ncnc3c2N=CC(CC2OC(CO)[C@@H](O)[C@H]2O)CC3)cc1. The van der Waals surface area contributed by atoms with Gasteiger partial charge in [-0.05, 0) is 61.5 Å². The number of aryl methyl sites for hydroxylation is 1. The number of hydrogen-bond donors (Lipinski definition) is 4. The van der Waals surface area contributed by atoms with Gasteiger partial charge in [0.25, 0.3) is 0 Å². The van der Waals surface area contributed by atoms with E-state index in [0.29, 0.717) is 18.9 Å². The van der Waals surface area contributed by atoms with Gasteiger partial charge in [0.1, 0.15) is 30.3 Å². The average Bonchev–Trinajstić information content (AvgIpc) is 3.40. The molecule has 1 saturated carbocycles. The van der Waals surface area contributed by atoms with E-state index < -0.39 is 24.4 Å². The number of aliphatic hydroxyl groups is 3. The van der Waals surface area contributed by atoms with Crippen LogP contribution in [0.2, 0.25) is 0 Å². The first-order valence-electron chi connectivity index (χ1n) is 13.9. The highest BCUT2D eigenvalue weighted by Crippen LogP contribution is 2.35. The van der Waals surface area contributed by atoms with Crippen molar-refractivity contribution in [1.29, 1.82) is 0 Å². The summed E-state index contributed by atoms with van der Waals surface area (Å²) in [6.07, 6.45) is 5.33. The van der Waals surface area contributed by atoms with Crippen LogP contribution in [0.1, 0.15) is 68.7 Å². The first-order valence-corrected chi connectivity index (χ1v) is 13.9. The number of benzene rings is 1. The molecule has 0 amide bonds. The molecule has 5 rings (SSSR count). The predicted octanol–water partition coefficient (Wildman–Crippen LogP) is 3.29. The van der Waals surface area contributed by atoms with Crippen molar-refractivity contribution in [1.82, 2.24) is 9.97 Å². The van der Waals surface area contributed by atoms with Gasteiger partial charge >= 0.3 is 0 Å². The minimum absolute atomic E-state index is 0.0472. The summed E-state index contributed by atoms with van der Waals surface area (Å²) in [6.45, 7) is 4.67. The highest BCUT2D eigenvalue weighted by molar-refractivity contribution is 5.74. The molecule has 9 heteroatoms. The first-order chi connectivity index (χ1) is 18.4. The van der Waals surface area contributed by atoms with Crippen molar-refractivity contribution in [2.75, 3.05) is 11.9 Å². The van der Waals surface area contributed by atoms with Gasteiger partial charge in [0.05, 0.1) is 37.2 Å². The van der Waals surface area contributed by atoms with E-state index in [0.717, 1.165) is 49.3 Å². The fourth-order valence-corrected chi connectivity index (χ4v) is 5.73. The Hall–Kier alpha value is -2.43. The maximum Gasteiger partial charge on any atom is 0.155 e. The van der Waals surface area contributed by atoms with Gasteiger partial charge in [0.2, 0.25) is 0 Å². The number of rotatable bonds is 9. The van der Waals surface area contributed by atoms with Crippen LogP contribution >= 0.6 is 0 Å². The zero-order chi connectivity index (χ0) is 26.6. The van der Waals surface area contributed by atoms with Crippen molar-refractivity contribution in [2.24, 2.45) is 10.9 Å². The van der Waals surface area contributed by atoms with Crippen molar-refractivity contribution in [3.8, 4) is 0 Å². The van der Waals surface area contributed by atoms with Crippen molar-refractivity contribution in [3.05, 3.63) is 47.4 Å². The highest BCUT2D eigenvalue weighted by atomic mass is 16.6. The molecule has 2 aromatic rings. The number of nitrogens with zero attached hydrogens (tertiary/aromatic N) is 3. The number of anilines is 1. The molecule has 38 heavy (non-hydrogen) atoms. The molecule has 1 saturated heterocycles. The lowest BCUT2D eigenvalue weighted by Crippen LogP contribution is -2.34. The zero-order valence-electron chi connectivity index (χ0n) is 22.2. The number of fused-ring (bicyclic) bond motifs is 1. The summed E-state index contributed by atoms with van der Waals surface area (Å²) in [5, 5.41) is 33.4. The number of aromatic nitrogens is 2. The van der Waals surface area contributed by atoms with Crippen LogP contribution < -0.4 is 5.32 Å². The highest BCUT2D eigenvalue weighted by Gasteiger charge is 2.43. The molecule has 4 N–H and O–H groups in total. The van der Waals surface area contributed by atoms with Gasteiger partial charge in [-0.3, -0.25) is 4.99 Å². The standard InChI is InChI=1S/C29H40N4O5/c1-17(2)20-9-6-18(7-10-20)15-37-23-5-3-4-21(23)33-29-26-22(31-16-32-29)11-8-19(13-30-26)12-24-27(35)28(36)25(14-34)38-24/h6-7,9-10,13,16-17,19,21,23-25,27-28,34-36H,3-5,8,11-12,14-15H2,1-2H3,(H,31,32,33)/t19?,21?,23?,24?,25?,27-,28+/m0/s1. The molecular formula is C29H40N4O5. The summed E-state index contributed by atoms with van der Waals surface area (Å²) in [5.74, 6) is 1.29. The minimum Gasteiger partial charge on any atom is -0.394 e. The van der Waals surface area contributed by atoms with Gasteiger partial charge in [-0.25, -0.2) is 9.97 Å². The van der Waals surface area contributed by atoms with E-state index in [2.05, 4.69) is 53.4 Å². The third kappa shape index (κ3) is 6.07. The van der Waals surface area contributed by atoms with Crippen LogP contribution in [0.5, 0.6) is 0 Å². The first kappa shape index (κ1) is 27.1. The largest absolute Gasteiger partial charge is 0.394 e. The zero-order valence-corrected chi connectivity index (χ0v) is 22.2. The van der Waals surface area contributed by atoms with Crippen LogP contribution in [0.3, 0.4) is 0 Å². The Balaban J connectivity index is 1.21. The lowest BCUT2D eigenvalue weighted by molar-refractivity contribution is -0.0264. The van der Waals surface area contributed by atoms with E-state index in [9.17, 15) is 15.3 Å². The topological polar surface area (TPSA) is 129 Å². The quantitative estimate of drug-likeness (QED) is 0.393. The Morgan fingerprint density at radius 2 is 1.84 bits per heavy atom. The fraction of sp³-hybridized carbons (Fsp3) is 0.621. The van der Waals surface area contributed by atoms with Crippen LogP contribution in [0, 0.1) is 5.92 Å². The molecular weight excluding hydrogens is 484 g/mol. The third-order valence-corrected chi connectivity index (χ3v) is 8.13. The maximum atomic E-state index is 10.3. The molecule has 0 bridgehead atoms. The summed E-state index contributed by atoms with van der Waals surface area (Å²) in [5.41, 5.74) is 4.16. The molecule has 7 atom stereocenters. The molecule has 5 unspecified atom stereocenters. The van der Waals surface area contributed by atoms with Gasteiger partial charge in [-0.2, -0.15) is 0 Å². The maximum absolute atomic E-state index is 10.3. The summed E-state index contributed by atoms with van der Waals surface area (Å²) in [6, 6.07) is 8.83. The molecule has 2 fully saturated rings. The smallest absolute Gasteiger partial charge is 0.155 e. The Labute approximate surface area is 224 Å². The van der Waals surface area contributed by atoms with E-state index >= 15 is 0 Å². The summed E-state index contributed by atoms with van der Waals surface area (Å²) in [7, 11) is 0. The van der Waals surface area contributed by atoms with E-state index in [-0.39, 0.29) is 24.7 Å². The third-order valence-electron chi connectivity index (χ3n) is 8.13. The Morgan fingerprint density at radius 3 is 2.58 bits per heavy atom. The van der Waals surface area contributed by atoms with Gasteiger partial charge in [-0.15, -0.1) is 0 Å². The average molecular weight is 525 g/mol. The second-order valence-corrected chi connectivity index (χ2v) is 11.1. The van der Waals surface area contributed by atoms with Crippen molar-refractivity contribution >= 4 is 17.7 Å². The number of aliphatic hydroxyl groups excluding tert-OH is 3. The lowest BCUT2D eigenvalue weighted by Gasteiger charge is -2.23. The van der Waals surface area contributed by atoms with Crippen molar-refractivity contribution in [2.45, 2.75) is 101 Å². The number of aliphatic imine (C=N–C) groups is 1. The molecule has 1 aromatic heterocycles. The molecule has 3 heterocycles. The van der Waals surface area contributed by atoms with E-state index in [1.165, 1.54) is 11.1 Å². The summed E-state index contributed by atoms with van der Waals surface area (Å²) >= 11 is 0. The second kappa shape index (κ2) is 12.2. The van der Waals surface area contributed by atoms with Crippen LogP contribution in [0.4, 0.5) is 11.5 Å². The molecule has 0 spiro atoms. The Kier molecular flexibility index (Phi) is 8.70. The Morgan fingerprint density at radius 1 is 1.05 bits per heavy atom. The van der Waals surface area contributed by atoms with Crippen LogP contribution in [0.25, 0.3) is 0 Å². The Bertz CT molecular complexity index is 1090. The van der Waals surface area contributed by atoms with Crippen LogP contribution in [-0.2, 0) is 22.5 Å². The van der Waals surface area contributed by atoms with Crippen LogP contribution in [0.15, 0.2) is 35.6 Å². The summed E-state index contributed by atoms with van der Waals surface area (Å²) in [4.78, 5) is 13.8. The van der Waals surface area contributed by atoms with Gasteiger partial charge in [-0.1, -0.05) is 38.1 Å². The van der Waals surface area contributed by atoms with Crippen LogP contribution in [-0.4, -0.2) is 74.7 Å². The number of ether oxygens (including phenoxy) is 2. The fourth-order valence-electron chi connectivity index (χ4n) is 5.73. The van der Waals surface area contributed by atoms with Gasteiger partial charge in [0.15, 0.2) is 5.82 Å². The van der Waals surface area contributed by atoms with Gasteiger partial charge < -0.3 is 30.1 Å².